The van der Waals surface area contributed by atoms with Crippen LogP contribution in [0, 0.1) is 0 Å². The van der Waals surface area contributed by atoms with E-state index < -0.39 is 5.54 Å². The van der Waals surface area contributed by atoms with Crippen LogP contribution < -0.4 is 10.1 Å². The molecule has 0 atom stereocenters. The maximum absolute atomic E-state index is 12.1. The summed E-state index contributed by atoms with van der Waals surface area (Å²) in [4.78, 5) is 12.1. The Morgan fingerprint density at radius 2 is 2.10 bits per heavy atom. The number of hydrogen-bond acceptors (Lipinski definition) is 3. The Labute approximate surface area is 125 Å². The Bertz CT molecular complexity index is 505. The van der Waals surface area contributed by atoms with Crippen molar-refractivity contribution in [2.75, 3.05) is 13.2 Å². The lowest BCUT2D eigenvalue weighted by Crippen LogP contribution is -2.48. The average molecular weight is 289 g/mol. The molecule has 2 rings (SSSR count). The second kappa shape index (κ2) is 7.27. The monoisotopic (exact) mass is 289 g/mol. The lowest BCUT2D eigenvalue weighted by atomic mass is 9.99. The molecule has 1 aromatic carbocycles. The lowest BCUT2D eigenvalue weighted by Gasteiger charge is -2.27. The summed E-state index contributed by atoms with van der Waals surface area (Å²) in [6.07, 6.45) is 7.06. The van der Waals surface area contributed by atoms with Crippen LogP contribution in [0.15, 0.2) is 30.3 Å². The van der Waals surface area contributed by atoms with Crippen LogP contribution in [0.1, 0.15) is 38.2 Å². The van der Waals surface area contributed by atoms with Crippen LogP contribution in [0.5, 0.6) is 5.75 Å². The summed E-state index contributed by atoms with van der Waals surface area (Å²) in [5.74, 6) is 0.596. The first-order valence-electron chi connectivity index (χ1n) is 7.52. The molecule has 21 heavy (non-hydrogen) atoms. The van der Waals surface area contributed by atoms with Gasteiger partial charge in [0.05, 0.1) is 18.8 Å². The summed E-state index contributed by atoms with van der Waals surface area (Å²) in [5.41, 5.74) is 0.444. The van der Waals surface area contributed by atoms with E-state index in [9.17, 15) is 9.90 Å². The molecule has 1 saturated carbocycles. The van der Waals surface area contributed by atoms with Gasteiger partial charge in [-0.1, -0.05) is 31.0 Å². The number of carbonyl (C=O) groups is 1. The molecule has 1 amide bonds. The number of benzene rings is 1. The van der Waals surface area contributed by atoms with Gasteiger partial charge in [-0.05, 0) is 31.9 Å². The van der Waals surface area contributed by atoms with Gasteiger partial charge in [0.25, 0.3) is 0 Å². The topological polar surface area (TPSA) is 58.6 Å². The SMILES string of the molecule is CCOc1ccccc1/C=C/C(=O)NC1(CO)CCCC1. The molecule has 2 N–H and O–H groups in total. The zero-order valence-corrected chi connectivity index (χ0v) is 12.5. The first kappa shape index (κ1) is 15.6. The van der Waals surface area contributed by atoms with Crippen molar-refractivity contribution in [1.29, 1.82) is 0 Å². The van der Waals surface area contributed by atoms with Crippen LogP contribution in [-0.2, 0) is 4.79 Å². The normalized spacial score (nSPS) is 17.0. The molecular weight excluding hydrogens is 266 g/mol. The number of aliphatic hydroxyl groups excluding tert-OH is 1. The minimum atomic E-state index is -0.430. The lowest BCUT2D eigenvalue weighted by molar-refractivity contribution is -0.118. The minimum Gasteiger partial charge on any atom is -0.493 e. The summed E-state index contributed by atoms with van der Waals surface area (Å²) in [5, 5.41) is 12.5. The third-order valence-electron chi connectivity index (χ3n) is 3.88. The second-order valence-electron chi connectivity index (χ2n) is 5.44. The highest BCUT2D eigenvalue weighted by molar-refractivity contribution is 5.92. The Balaban J connectivity index is 2.02. The zero-order chi connectivity index (χ0) is 15.1. The van der Waals surface area contributed by atoms with Crippen molar-refractivity contribution in [2.45, 2.75) is 38.1 Å². The molecule has 1 fully saturated rings. The van der Waals surface area contributed by atoms with Gasteiger partial charge < -0.3 is 15.2 Å². The molecule has 4 heteroatoms. The molecule has 4 nitrogen and oxygen atoms in total. The van der Waals surface area contributed by atoms with E-state index in [1.54, 1.807) is 6.08 Å². The van der Waals surface area contributed by atoms with Gasteiger partial charge in [-0.25, -0.2) is 0 Å². The Hall–Kier alpha value is -1.81. The maximum atomic E-state index is 12.1. The molecular formula is C17H23NO3. The van der Waals surface area contributed by atoms with Crippen molar-refractivity contribution in [2.24, 2.45) is 0 Å². The van der Waals surface area contributed by atoms with Crippen LogP contribution >= 0.6 is 0 Å². The molecule has 0 radical (unpaired) electrons. The van der Waals surface area contributed by atoms with E-state index in [4.69, 9.17) is 4.74 Å². The first-order chi connectivity index (χ1) is 10.2. The fraction of sp³-hybridized carbons (Fsp3) is 0.471. The summed E-state index contributed by atoms with van der Waals surface area (Å²) in [7, 11) is 0. The minimum absolute atomic E-state index is 0.00210. The van der Waals surface area contributed by atoms with Crippen LogP contribution in [0.4, 0.5) is 0 Å². The van der Waals surface area contributed by atoms with E-state index in [0.717, 1.165) is 37.0 Å². The summed E-state index contributed by atoms with van der Waals surface area (Å²) in [6.45, 7) is 2.52. The van der Waals surface area contributed by atoms with E-state index >= 15 is 0 Å². The molecule has 0 saturated heterocycles. The van der Waals surface area contributed by atoms with Crippen molar-refractivity contribution < 1.29 is 14.6 Å². The molecule has 1 aliphatic rings. The van der Waals surface area contributed by atoms with E-state index in [1.807, 2.05) is 31.2 Å². The summed E-state index contributed by atoms with van der Waals surface area (Å²) < 4.78 is 5.52. The maximum Gasteiger partial charge on any atom is 0.244 e. The van der Waals surface area contributed by atoms with E-state index in [2.05, 4.69) is 5.32 Å². The van der Waals surface area contributed by atoms with Gasteiger partial charge in [0.15, 0.2) is 0 Å². The van der Waals surface area contributed by atoms with Gasteiger partial charge in [-0.3, -0.25) is 4.79 Å². The van der Waals surface area contributed by atoms with Gasteiger partial charge in [-0.2, -0.15) is 0 Å². The second-order valence-corrected chi connectivity index (χ2v) is 5.44. The van der Waals surface area contributed by atoms with E-state index in [-0.39, 0.29) is 12.5 Å². The number of rotatable bonds is 6. The van der Waals surface area contributed by atoms with Gasteiger partial charge >= 0.3 is 0 Å². The van der Waals surface area contributed by atoms with Crippen molar-refractivity contribution in [3.63, 3.8) is 0 Å². The van der Waals surface area contributed by atoms with Crippen LogP contribution in [0.25, 0.3) is 6.08 Å². The Morgan fingerprint density at radius 3 is 2.76 bits per heavy atom. The average Bonchev–Trinajstić information content (AvgIpc) is 2.96. The summed E-state index contributed by atoms with van der Waals surface area (Å²) in [6, 6.07) is 7.60. The third-order valence-corrected chi connectivity index (χ3v) is 3.88. The highest BCUT2D eigenvalue weighted by Crippen LogP contribution is 2.29. The number of aliphatic hydroxyl groups is 1. The number of hydrogen-bond donors (Lipinski definition) is 2. The van der Waals surface area contributed by atoms with Crippen molar-refractivity contribution in [3.8, 4) is 5.75 Å². The summed E-state index contributed by atoms with van der Waals surface area (Å²) >= 11 is 0. The van der Waals surface area contributed by atoms with Gasteiger partial charge in [-0.15, -0.1) is 0 Å². The van der Waals surface area contributed by atoms with Crippen molar-refractivity contribution >= 4 is 12.0 Å². The number of nitrogens with one attached hydrogen (secondary N) is 1. The van der Waals surface area contributed by atoms with Gasteiger partial charge in [0.2, 0.25) is 5.91 Å². The highest BCUT2D eigenvalue weighted by atomic mass is 16.5. The molecule has 0 heterocycles. The van der Waals surface area contributed by atoms with Crippen molar-refractivity contribution in [1.82, 2.24) is 5.32 Å². The number of ether oxygens (including phenoxy) is 1. The van der Waals surface area contributed by atoms with E-state index in [0.29, 0.717) is 6.61 Å². The van der Waals surface area contributed by atoms with Crippen molar-refractivity contribution in [3.05, 3.63) is 35.9 Å². The zero-order valence-electron chi connectivity index (χ0n) is 12.5. The molecule has 0 spiro atoms. The number of amides is 1. The van der Waals surface area contributed by atoms with Crippen LogP contribution in [0.3, 0.4) is 0 Å². The predicted molar refractivity (Wildman–Crippen MR) is 83.1 cm³/mol. The molecule has 1 aliphatic carbocycles. The van der Waals surface area contributed by atoms with E-state index in [1.165, 1.54) is 6.08 Å². The quantitative estimate of drug-likeness (QED) is 0.791. The molecule has 114 valence electrons. The molecule has 0 aromatic heterocycles. The highest BCUT2D eigenvalue weighted by Gasteiger charge is 2.33. The standard InChI is InChI=1S/C17H23NO3/c1-2-21-15-8-4-3-7-14(15)9-10-16(20)18-17(13-19)11-5-6-12-17/h3-4,7-10,19H,2,5-6,11-13H2,1H3,(H,18,20)/b10-9+. The smallest absolute Gasteiger partial charge is 0.244 e. The molecule has 0 aliphatic heterocycles. The first-order valence-corrected chi connectivity index (χ1v) is 7.52. The molecule has 1 aromatic rings. The van der Waals surface area contributed by atoms with Crippen LogP contribution in [-0.4, -0.2) is 29.8 Å². The van der Waals surface area contributed by atoms with Crippen LogP contribution in [0.2, 0.25) is 0 Å². The fourth-order valence-electron chi connectivity index (χ4n) is 2.75. The largest absolute Gasteiger partial charge is 0.493 e. The third kappa shape index (κ3) is 4.08. The number of para-hydroxylation sites is 1. The fourth-order valence-corrected chi connectivity index (χ4v) is 2.75. The van der Waals surface area contributed by atoms with Gasteiger partial charge in [0.1, 0.15) is 5.75 Å². The van der Waals surface area contributed by atoms with Gasteiger partial charge in [0, 0.05) is 11.6 Å². The predicted octanol–water partition coefficient (Wildman–Crippen LogP) is 2.52. The number of carbonyl (C=O) groups excluding carboxylic acids is 1. The molecule has 0 bridgehead atoms. The Morgan fingerprint density at radius 1 is 1.38 bits per heavy atom. The Kier molecular flexibility index (Phi) is 5.39. The molecule has 0 unspecified atom stereocenters.